The van der Waals surface area contributed by atoms with E-state index >= 15 is 0 Å². The molecule has 3 aromatic carbocycles. The van der Waals surface area contributed by atoms with Gasteiger partial charge in [-0.1, -0.05) is 79.7 Å². The highest BCUT2D eigenvalue weighted by Gasteiger charge is 2.42. The van der Waals surface area contributed by atoms with Crippen molar-refractivity contribution in [3.63, 3.8) is 0 Å². The number of esters is 1. The topological polar surface area (TPSA) is 98.9 Å². The Kier molecular flexibility index (Phi) is 7.40. The van der Waals surface area contributed by atoms with Crippen molar-refractivity contribution in [2.75, 3.05) is 13.7 Å². The first-order valence-electron chi connectivity index (χ1n) is 13.3. The summed E-state index contributed by atoms with van der Waals surface area (Å²) in [4.78, 5) is 25.4. The van der Waals surface area contributed by atoms with Crippen molar-refractivity contribution in [1.29, 1.82) is 0 Å². The van der Waals surface area contributed by atoms with Crippen molar-refractivity contribution in [2.45, 2.75) is 38.1 Å². The number of allylic oxidation sites excluding steroid dienone is 3. The Balaban J connectivity index is 1.40. The molecule has 3 aromatic rings. The molecule has 0 saturated carbocycles. The Morgan fingerprint density at radius 1 is 1.03 bits per heavy atom. The van der Waals surface area contributed by atoms with E-state index in [9.17, 15) is 14.7 Å². The van der Waals surface area contributed by atoms with Gasteiger partial charge in [0.2, 0.25) is 0 Å². The van der Waals surface area contributed by atoms with E-state index < -0.39 is 23.4 Å². The van der Waals surface area contributed by atoms with Gasteiger partial charge in [0, 0.05) is 5.92 Å². The fourth-order valence-corrected chi connectivity index (χ4v) is 5.76. The summed E-state index contributed by atoms with van der Waals surface area (Å²) in [6.07, 6.45) is 6.72. The average molecular weight is 524 g/mol. The highest BCUT2D eigenvalue weighted by atomic mass is 16.5. The van der Waals surface area contributed by atoms with Crippen molar-refractivity contribution in [3.05, 3.63) is 107 Å². The molecule has 0 fully saturated rings. The number of aryl methyl sites for hydroxylation is 1. The van der Waals surface area contributed by atoms with Crippen LogP contribution in [-0.2, 0) is 20.7 Å². The Hall–Kier alpha value is -4.16. The van der Waals surface area contributed by atoms with Crippen LogP contribution in [0.1, 0.15) is 47.9 Å². The maximum absolute atomic E-state index is 13.7. The number of methoxy groups -OCH3 is 1. The zero-order valence-corrected chi connectivity index (χ0v) is 22.2. The molecule has 0 radical (unpaired) electrons. The quantitative estimate of drug-likeness (QED) is 0.347. The Labute approximate surface area is 228 Å². The van der Waals surface area contributed by atoms with Crippen LogP contribution in [0.2, 0.25) is 0 Å². The van der Waals surface area contributed by atoms with Gasteiger partial charge in [-0.25, -0.2) is 0 Å². The van der Waals surface area contributed by atoms with E-state index in [1.807, 2.05) is 54.6 Å². The molecule has 0 heterocycles. The number of rotatable bonds is 9. The average Bonchev–Trinajstić information content (AvgIpc) is 3.29. The molecule has 200 valence electrons. The van der Waals surface area contributed by atoms with Crippen molar-refractivity contribution in [3.8, 4) is 16.9 Å². The van der Waals surface area contributed by atoms with Crippen molar-refractivity contribution < 1.29 is 24.2 Å². The molecule has 5 rings (SSSR count). The van der Waals surface area contributed by atoms with Crippen LogP contribution in [-0.4, -0.2) is 36.8 Å². The van der Waals surface area contributed by atoms with Crippen LogP contribution in [0.15, 0.2) is 85.0 Å². The molecule has 0 amide bonds. The molecule has 3 N–H and O–H groups in total. The van der Waals surface area contributed by atoms with Gasteiger partial charge >= 0.3 is 11.9 Å². The number of benzene rings is 3. The molecule has 6 nitrogen and oxygen atoms in total. The van der Waals surface area contributed by atoms with Gasteiger partial charge in [0.25, 0.3) is 0 Å². The summed E-state index contributed by atoms with van der Waals surface area (Å²) in [6.45, 7) is 2.25. The van der Waals surface area contributed by atoms with Crippen LogP contribution >= 0.6 is 0 Å². The molecular formula is C33H33NO5. The lowest BCUT2D eigenvalue weighted by atomic mass is 9.74. The lowest BCUT2D eigenvalue weighted by Crippen LogP contribution is -2.42. The standard InChI is InChI=1S/C33H33NO5/c1-3-21-18-23(38-2)12-13-24(21)22-14-16-33(17-15-22,19-30(34)31(35)36)32(37)39-20-29-27-10-6-4-8-25(27)26-9-5-7-11-28(26)29/h4-16,18,29-30H,3,17,19-20,34H2,1-2H3,(H,35,36)/t30-,33?/m0/s1. The molecule has 0 aliphatic heterocycles. The minimum absolute atomic E-state index is 0.0530. The van der Waals surface area contributed by atoms with Crippen molar-refractivity contribution in [2.24, 2.45) is 11.1 Å². The molecule has 0 aromatic heterocycles. The second-order valence-electron chi connectivity index (χ2n) is 10.2. The van der Waals surface area contributed by atoms with Gasteiger partial charge in [0.15, 0.2) is 0 Å². The van der Waals surface area contributed by atoms with E-state index in [1.165, 1.54) is 0 Å². The van der Waals surface area contributed by atoms with Gasteiger partial charge < -0.3 is 20.3 Å². The summed E-state index contributed by atoms with van der Waals surface area (Å²) in [5.41, 5.74) is 12.5. The summed E-state index contributed by atoms with van der Waals surface area (Å²) >= 11 is 0. The second kappa shape index (κ2) is 10.9. The molecule has 39 heavy (non-hydrogen) atoms. The Bertz CT molecular complexity index is 1430. The lowest BCUT2D eigenvalue weighted by Gasteiger charge is -2.32. The third-order valence-electron chi connectivity index (χ3n) is 7.92. The molecule has 2 aliphatic rings. The summed E-state index contributed by atoms with van der Waals surface area (Å²) < 4.78 is 11.4. The minimum Gasteiger partial charge on any atom is -0.497 e. The first-order valence-corrected chi connectivity index (χ1v) is 13.3. The highest BCUT2D eigenvalue weighted by molar-refractivity contribution is 5.87. The predicted molar refractivity (Wildman–Crippen MR) is 151 cm³/mol. The van der Waals surface area contributed by atoms with Gasteiger partial charge in [-0.3, -0.25) is 9.59 Å². The summed E-state index contributed by atoms with van der Waals surface area (Å²) in [7, 11) is 1.64. The molecule has 0 bridgehead atoms. The minimum atomic E-state index is -1.20. The second-order valence-corrected chi connectivity index (χ2v) is 10.2. The van der Waals surface area contributed by atoms with Gasteiger partial charge in [0.05, 0.1) is 12.5 Å². The smallest absolute Gasteiger partial charge is 0.320 e. The van der Waals surface area contributed by atoms with Gasteiger partial charge in [-0.15, -0.1) is 0 Å². The molecule has 1 unspecified atom stereocenters. The predicted octanol–water partition coefficient (Wildman–Crippen LogP) is 5.75. The van der Waals surface area contributed by atoms with Gasteiger partial charge in [0.1, 0.15) is 18.4 Å². The maximum atomic E-state index is 13.7. The zero-order chi connectivity index (χ0) is 27.6. The van der Waals surface area contributed by atoms with E-state index in [2.05, 4.69) is 31.2 Å². The SMILES string of the molecule is CCc1cc(OC)ccc1C1=CCC(C[C@H](N)C(=O)O)(C(=O)OCC2c3ccccc3-c3ccccc32)C=C1. The summed E-state index contributed by atoms with van der Waals surface area (Å²) in [5, 5.41) is 9.55. The van der Waals surface area contributed by atoms with Crippen molar-refractivity contribution in [1.82, 2.24) is 0 Å². The molecule has 0 spiro atoms. The highest BCUT2D eigenvalue weighted by Crippen LogP contribution is 2.45. The molecule has 2 aliphatic carbocycles. The van der Waals surface area contributed by atoms with E-state index in [0.717, 1.165) is 51.1 Å². The third-order valence-corrected chi connectivity index (χ3v) is 7.92. The number of aliphatic carboxylic acids is 1. The van der Waals surface area contributed by atoms with E-state index in [4.69, 9.17) is 15.2 Å². The van der Waals surface area contributed by atoms with E-state index in [0.29, 0.717) is 6.42 Å². The van der Waals surface area contributed by atoms with Crippen LogP contribution in [0, 0.1) is 5.41 Å². The number of carbonyl (C=O) groups is 2. The Morgan fingerprint density at radius 3 is 2.26 bits per heavy atom. The maximum Gasteiger partial charge on any atom is 0.320 e. The van der Waals surface area contributed by atoms with Gasteiger partial charge in [-0.05, 0) is 70.3 Å². The first-order chi connectivity index (χ1) is 18.9. The number of ether oxygens (including phenoxy) is 2. The first kappa shape index (κ1) is 26.4. The number of carboxylic acids is 1. The van der Waals surface area contributed by atoms with E-state index in [1.54, 1.807) is 13.2 Å². The van der Waals surface area contributed by atoms with Gasteiger partial charge in [-0.2, -0.15) is 0 Å². The summed E-state index contributed by atoms with van der Waals surface area (Å²) in [6, 6.07) is 21.1. The largest absolute Gasteiger partial charge is 0.497 e. The monoisotopic (exact) mass is 523 g/mol. The number of nitrogens with two attached hydrogens (primary N) is 1. The molecule has 6 heteroatoms. The normalized spacial score (nSPS) is 18.6. The van der Waals surface area contributed by atoms with Crippen LogP contribution in [0.3, 0.4) is 0 Å². The lowest BCUT2D eigenvalue weighted by molar-refractivity contribution is -0.154. The van der Waals surface area contributed by atoms with Crippen LogP contribution in [0.4, 0.5) is 0 Å². The molecule has 2 atom stereocenters. The number of carbonyl (C=O) groups excluding carboxylic acids is 1. The fraction of sp³-hybridized carbons (Fsp3) is 0.273. The number of fused-ring (bicyclic) bond motifs is 3. The van der Waals surface area contributed by atoms with Crippen LogP contribution in [0.25, 0.3) is 16.7 Å². The van der Waals surface area contributed by atoms with E-state index in [-0.39, 0.29) is 18.9 Å². The third kappa shape index (κ3) is 5.00. The number of carboxylic acid groups (broad SMARTS) is 1. The van der Waals surface area contributed by atoms with Crippen LogP contribution < -0.4 is 10.5 Å². The molecule has 0 saturated heterocycles. The molecular weight excluding hydrogens is 490 g/mol. The van der Waals surface area contributed by atoms with Crippen LogP contribution in [0.5, 0.6) is 5.75 Å². The summed E-state index contributed by atoms with van der Waals surface area (Å²) in [5.74, 6) is -0.904. The number of hydrogen-bond acceptors (Lipinski definition) is 5. The number of hydrogen-bond donors (Lipinski definition) is 2. The Morgan fingerprint density at radius 2 is 1.69 bits per heavy atom. The zero-order valence-electron chi connectivity index (χ0n) is 22.2. The fourth-order valence-electron chi connectivity index (χ4n) is 5.76. The van der Waals surface area contributed by atoms with Crippen molar-refractivity contribution >= 4 is 17.5 Å².